The molecule has 1 heteroatoms. The number of piperidine rings is 1. The van der Waals surface area contributed by atoms with Crippen LogP contribution in [0.15, 0.2) is 42.5 Å². The van der Waals surface area contributed by atoms with Crippen LogP contribution in [0.25, 0.3) is 11.1 Å². The monoisotopic (exact) mass is 277 g/mol. The molecule has 21 heavy (non-hydrogen) atoms. The van der Waals surface area contributed by atoms with Crippen LogP contribution in [0.4, 0.5) is 0 Å². The minimum atomic E-state index is 0.632. The molecule has 4 rings (SSSR count). The van der Waals surface area contributed by atoms with E-state index in [9.17, 15) is 0 Å². The molecule has 0 bridgehead atoms. The van der Waals surface area contributed by atoms with Gasteiger partial charge in [-0.2, -0.15) is 0 Å². The van der Waals surface area contributed by atoms with Crippen LogP contribution in [0.5, 0.6) is 0 Å². The molecule has 0 amide bonds. The summed E-state index contributed by atoms with van der Waals surface area (Å²) in [5.74, 6) is 0. The van der Waals surface area contributed by atoms with Crippen LogP contribution in [-0.2, 0) is 6.42 Å². The Labute approximate surface area is 127 Å². The molecule has 108 valence electrons. The van der Waals surface area contributed by atoms with Gasteiger partial charge in [-0.25, -0.2) is 0 Å². The van der Waals surface area contributed by atoms with Crippen LogP contribution < -0.4 is 0 Å². The van der Waals surface area contributed by atoms with Gasteiger partial charge in [-0.15, -0.1) is 0 Å². The van der Waals surface area contributed by atoms with Crippen molar-refractivity contribution in [3.63, 3.8) is 0 Å². The van der Waals surface area contributed by atoms with E-state index in [1.807, 2.05) is 0 Å². The minimum absolute atomic E-state index is 0.632. The molecule has 2 aromatic carbocycles. The lowest BCUT2D eigenvalue weighted by atomic mass is 9.90. The van der Waals surface area contributed by atoms with Crippen LogP contribution in [0, 0.1) is 0 Å². The first kappa shape index (κ1) is 13.1. The van der Waals surface area contributed by atoms with E-state index in [0.29, 0.717) is 6.04 Å². The Balaban J connectivity index is 1.79. The fourth-order valence-electron chi connectivity index (χ4n) is 4.22. The quantitative estimate of drug-likeness (QED) is 0.650. The normalized spacial score (nSPS) is 21.1. The molecule has 0 saturated carbocycles. The Morgan fingerprint density at radius 1 is 1.00 bits per heavy atom. The first-order valence-corrected chi connectivity index (χ1v) is 8.32. The number of rotatable bonds is 2. The summed E-state index contributed by atoms with van der Waals surface area (Å²) >= 11 is 0. The van der Waals surface area contributed by atoms with Gasteiger partial charge in [0, 0.05) is 6.04 Å². The molecular formula is C20H23N. The number of likely N-dealkylation sites (tertiary alicyclic amines) is 1. The number of hydrogen-bond donors (Lipinski definition) is 0. The molecule has 1 atom stereocenters. The molecule has 1 nitrogen and oxygen atoms in total. The van der Waals surface area contributed by atoms with Crippen molar-refractivity contribution in [3.8, 4) is 11.1 Å². The maximum atomic E-state index is 2.67. The average molecular weight is 277 g/mol. The van der Waals surface area contributed by atoms with Gasteiger partial charge in [0.15, 0.2) is 0 Å². The molecule has 0 aromatic heterocycles. The number of fused-ring (bicyclic) bond motifs is 3. The summed E-state index contributed by atoms with van der Waals surface area (Å²) in [6.07, 6.45) is 5.17. The summed E-state index contributed by atoms with van der Waals surface area (Å²) in [5, 5.41) is 0. The van der Waals surface area contributed by atoms with Gasteiger partial charge >= 0.3 is 0 Å². The Bertz CT molecular complexity index is 659. The van der Waals surface area contributed by atoms with Crippen LogP contribution >= 0.6 is 0 Å². The van der Waals surface area contributed by atoms with E-state index >= 15 is 0 Å². The van der Waals surface area contributed by atoms with Gasteiger partial charge in [0.1, 0.15) is 0 Å². The molecule has 1 aliphatic heterocycles. The lowest BCUT2D eigenvalue weighted by Crippen LogP contribution is -2.33. The highest BCUT2D eigenvalue weighted by Crippen LogP contribution is 2.42. The second-order valence-electron chi connectivity index (χ2n) is 6.35. The Morgan fingerprint density at radius 3 is 2.76 bits per heavy atom. The number of hydrogen-bond acceptors (Lipinski definition) is 1. The molecule has 0 radical (unpaired) electrons. The Morgan fingerprint density at radius 2 is 1.86 bits per heavy atom. The third kappa shape index (κ3) is 2.11. The standard InChI is InChI=1S/C20H23N/c1-2-21-13-6-5-12-20(21)18-11-7-10-17-16-9-4-3-8-15(16)14-19(17)18/h3-4,7-11,20H,2,5-6,12-14H2,1H3. The van der Waals surface area contributed by atoms with E-state index in [1.165, 1.54) is 49.0 Å². The highest BCUT2D eigenvalue weighted by atomic mass is 15.2. The van der Waals surface area contributed by atoms with E-state index in [4.69, 9.17) is 0 Å². The third-order valence-electron chi connectivity index (χ3n) is 5.27. The predicted molar refractivity (Wildman–Crippen MR) is 88.5 cm³/mol. The van der Waals surface area contributed by atoms with Gasteiger partial charge in [-0.05, 0) is 60.2 Å². The molecule has 1 fully saturated rings. The lowest BCUT2D eigenvalue weighted by Gasteiger charge is -2.36. The minimum Gasteiger partial charge on any atom is -0.297 e. The topological polar surface area (TPSA) is 3.24 Å². The third-order valence-corrected chi connectivity index (χ3v) is 5.27. The zero-order valence-corrected chi connectivity index (χ0v) is 12.8. The van der Waals surface area contributed by atoms with Crippen LogP contribution in [0.1, 0.15) is 48.9 Å². The van der Waals surface area contributed by atoms with E-state index in [1.54, 1.807) is 11.1 Å². The largest absolute Gasteiger partial charge is 0.297 e. The van der Waals surface area contributed by atoms with Crippen molar-refractivity contribution in [1.82, 2.24) is 4.90 Å². The van der Waals surface area contributed by atoms with E-state index in [-0.39, 0.29) is 0 Å². The Hall–Kier alpha value is -1.60. The van der Waals surface area contributed by atoms with Gasteiger partial charge in [0.05, 0.1) is 0 Å². The van der Waals surface area contributed by atoms with E-state index in [2.05, 4.69) is 54.3 Å². The maximum Gasteiger partial charge on any atom is 0.0351 e. The highest BCUT2D eigenvalue weighted by molar-refractivity contribution is 5.78. The molecule has 1 aliphatic carbocycles. The molecule has 2 aromatic rings. The van der Waals surface area contributed by atoms with Crippen LogP contribution in [0.3, 0.4) is 0 Å². The summed E-state index contributed by atoms with van der Waals surface area (Å²) in [6, 6.07) is 16.5. The molecular weight excluding hydrogens is 254 g/mol. The fraction of sp³-hybridized carbons (Fsp3) is 0.400. The highest BCUT2D eigenvalue weighted by Gasteiger charge is 2.28. The van der Waals surface area contributed by atoms with Gasteiger partial charge in [-0.3, -0.25) is 4.90 Å². The zero-order valence-electron chi connectivity index (χ0n) is 12.8. The van der Waals surface area contributed by atoms with E-state index in [0.717, 1.165) is 6.42 Å². The summed E-state index contributed by atoms with van der Waals surface area (Å²) in [6.45, 7) is 4.73. The average Bonchev–Trinajstić information content (AvgIpc) is 2.93. The van der Waals surface area contributed by atoms with Crippen molar-refractivity contribution in [2.45, 2.75) is 38.6 Å². The molecule has 0 N–H and O–H groups in total. The second kappa shape index (κ2) is 5.31. The van der Waals surface area contributed by atoms with E-state index < -0.39 is 0 Å². The lowest BCUT2D eigenvalue weighted by molar-refractivity contribution is 0.156. The Kier molecular flexibility index (Phi) is 3.31. The summed E-state index contributed by atoms with van der Waals surface area (Å²) in [5.41, 5.74) is 7.60. The number of benzene rings is 2. The smallest absolute Gasteiger partial charge is 0.0351 e. The molecule has 1 heterocycles. The van der Waals surface area contributed by atoms with Crippen molar-refractivity contribution in [2.24, 2.45) is 0 Å². The van der Waals surface area contributed by atoms with Crippen LogP contribution in [-0.4, -0.2) is 18.0 Å². The van der Waals surface area contributed by atoms with Gasteiger partial charge in [-0.1, -0.05) is 55.8 Å². The van der Waals surface area contributed by atoms with Gasteiger partial charge in [0.2, 0.25) is 0 Å². The van der Waals surface area contributed by atoms with Crippen molar-refractivity contribution >= 4 is 0 Å². The number of nitrogens with zero attached hydrogens (tertiary/aromatic N) is 1. The second-order valence-corrected chi connectivity index (χ2v) is 6.35. The summed E-state index contributed by atoms with van der Waals surface area (Å²) in [7, 11) is 0. The molecule has 1 unspecified atom stereocenters. The SMILES string of the molecule is CCN1CCCCC1c1cccc2c1Cc1ccccc1-2. The first-order valence-electron chi connectivity index (χ1n) is 8.32. The zero-order chi connectivity index (χ0) is 14.2. The van der Waals surface area contributed by atoms with Gasteiger partial charge in [0.25, 0.3) is 0 Å². The maximum absolute atomic E-state index is 2.67. The predicted octanol–water partition coefficient (Wildman–Crippen LogP) is 4.80. The van der Waals surface area contributed by atoms with Crippen molar-refractivity contribution in [1.29, 1.82) is 0 Å². The summed E-state index contributed by atoms with van der Waals surface area (Å²) in [4.78, 5) is 2.67. The van der Waals surface area contributed by atoms with Crippen LogP contribution in [0.2, 0.25) is 0 Å². The summed E-state index contributed by atoms with van der Waals surface area (Å²) < 4.78 is 0. The van der Waals surface area contributed by atoms with Crippen molar-refractivity contribution < 1.29 is 0 Å². The van der Waals surface area contributed by atoms with Crippen molar-refractivity contribution in [2.75, 3.05) is 13.1 Å². The molecule has 1 saturated heterocycles. The fourth-order valence-corrected chi connectivity index (χ4v) is 4.22. The van der Waals surface area contributed by atoms with Gasteiger partial charge < -0.3 is 0 Å². The molecule has 0 spiro atoms. The van der Waals surface area contributed by atoms with Crippen molar-refractivity contribution in [3.05, 3.63) is 59.2 Å². The first-order chi connectivity index (χ1) is 10.4. The molecule has 2 aliphatic rings.